The topological polar surface area (TPSA) is 18.5 Å². The summed E-state index contributed by atoms with van der Waals surface area (Å²) in [6.07, 6.45) is 0. The zero-order valence-corrected chi connectivity index (χ0v) is 17.3. The van der Waals surface area contributed by atoms with Crippen LogP contribution in [0.25, 0.3) is 0 Å². The van der Waals surface area contributed by atoms with Gasteiger partial charge >= 0.3 is 0 Å². The van der Waals surface area contributed by atoms with Crippen molar-refractivity contribution in [1.29, 1.82) is 0 Å². The number of benzene rings is 2. The summed E-state index contributed by atoms with van der Waals surface area (Å²) < 4.78 is 10.3. The Morgan fingerprint density at radius 2 is 1.00 bits per heavy atom. The molecule has 0 N–H and O–H groups in total. The van der Waals surface area contributed by atoms with E-state index in [-0.39, 0.29) is 0 Å². The Kier molecular flexibility index (Phi) is 9.28. The van der Waals surface area contributed by atoms with Gasteiger partial charge in [-0.3, -0.25) is 0 Å². The van der Waals surface area contributed by atoms with E-state index < -0.39 is 0 Å². The minimum absolute atomic E-state index is 0.802. The molecule has 0 aliphatic heterocycles. The van der Waals surface area contributed by atoms with E-state index in [1.54, 1.807) is 14.2 Å². The molecule has 2 aromatic rings. The maximum atomic E-state index is 5.16. The molecule has 2 aromatic carbocycles. The van der Waals surface area contributed by atoms with E-state index in [2.05, 4.69) is 24.3 Å². The first-order valence-corrected chi connectivity index (χ1v) is 14.9. The fourth-order valence-electron chi connectivity index (χ4n) is 1.45. The Morgan fingerprint density at radius 3 is 1.32 bits per heavy atom. The molecule has 0 amide bonds. The molecule has 0 aromatic heterocycles. The molecule has 8 heteroatoms. The highest BCUT2D eigenvalue weighted by atomic mass is 33.6. The van der Waals surface area contributed by atoms with Crippen LogP contribution in [0.5, 0.6) is 11.5 Å². The Hall–Kier alpha value is 0.300. The number of methoxy groups -OCH3 is 2. The van der Waals surface area contributed by atoms with Crippen molar-refractivity contribution in [3.8, 4) is 11.5 Å². The van der Waals surface area contributed by atoms with Crippen molar-refractivity contribution >= 4 is 57.6 Å². The standard InChI is InChI=1S/C14H16O2P2S4/c1-15-11-3-7-13(8-4-11)19-17-21-22-18-20-14-9-5-12(16-2)6-10-14/h3-10,17-18H,1-2H3. The van der Waals surface area contributed by atoms with Gasteiger partial charge in [0.25, 0.3) is 0 Å². The summed E-state index contributed by atoms with van der Waals surface area (Å²) in [6.45, 7) is 1.60. The molecule has 0 saturated carbocycles. The van der Waals surface area contributed by atoms with Crippen LogP contribution in [0.2, 0.25) is 0 Å². The van der Waals surface area contributed by atoms with Crippen LogP contribution in [0, 0.1) is 0 Å². The third-order valence-electron chi connectivity index (χ3n) is 2.55. The van der Waals surface area contributed by atoms with Gasteiger partial charge in [-0.25, -0.2) is 0 Å². The molecule has 0 fully saturated rings. The van der Waals surface area contributed by atoms with Crippen molar-refractivity contribution in [3.63, 3.8) is 0 Å². The highest BCUT2D eigenvalue weighted by molar-refractivity contribution is 9.22. The molecule has 2 unspecified atom stereocenters. The van der Waals surface area contributed by atoms with Gasteiger partial charge in [0.1, 0.15) is 11.5 Å². The molecule has 0 spiro atoms. The monoisotopic (exact) mass is 406 g/mol. The van der Waals surface area contributed by atoms with Gasteiger partial charge < -0.3 is 9.47 Å². The van der Waals surface area contributed by atoms with Crippen LogP contribution in [0.1, 0.15) is 0 Å². The van der Waals surface area contributed by atoms with Crippen molar-refractivity contribution in [2.45, 2.75) is 9.79 Å². The molecule has 118 valence electrons. The zero-order chi connectivity index (χ0) is 15.6. The molecule has 0 bridgehead atoms. The van der Waals surface area contributed by atoms with E-state index in [0.717, 1.165) is 25.5 Å². The van der Waals surface area contributed by atoms with E-state index >= 15 is 0 Å². The molecule has 0 radical (unpaired) electrons. The van der Waals surface area contributed by atoms with Crippen LogP contribution >= 0.6 is 57.6 Å². The second kappa shape index (κ2) is 11.0. The van der Waals surface area contributed by atoms with Crippen molar-refractivity contribution in [1.82, 2.24) is 0 Å². The lowest BCUT2D eigenvalue weighted by molar-refractivity contribution is 0.414. The summed E-state index contributed by atoms with van der Waals surface area (Å²) in [5, 5.41) is 0. The first-order chi connectivity index (χ1) is 10.8. The van der Waals surface area contributed by atoms with Crippen LogP contribution in [-0.4, -0.2) is 14.2 Å². The lowest BCUT2D eigenvalue weighted by Crippen LogP contribution is -1.80. The van der Waals surface area contributed by atoms with Crippen LogP contribution in [0.3, 0.4) is 0 Å². The summed E-state index contributed by atoms with van der Waals surface area (Å²) in [4.78, 5) is 2.58. The Labute approximate surface area is 150 Å². The van der Waals surface area contributed by atoms with Crippen LogP contribution in [0.15, 0.2) is 58.3 Å². The highest BCUT2D eigenvalue weighted by Gasteiger charge is 1.99. The van der Waals surface area contributed by atoms with Gasteiger partial charge in [0.15, 0.2) is 0 Å². The zero-order valence-electron chi connectivity index (χ0n) is 12.1. The van der Waals surface area contributed by atoms with Gasteiger partial charge in [0.05, 0.1) is 14.2 Å². The quantitative estimate of drug-likeness (QED) is 0.252. The molecule has 0 heterocycles. The van der Waals surface area contributed by atoms with E-state index in [1.807, 2.05) is 67.9 Å². The molecule has 0 aliphatic rings. The number of ether oxygens (including phenoxy) is 2. The second-order valence-electron chi connectivity index (χ2n) is 3.89. The predicted octanol–water partition coefficient (Wildman–Crippen LogP) is 6.99. The van der Waals surface area contributed by atoms with Gasteiger partial charge in [0, 0.05) is 23.8 Å². The minimum Gasteiger partial charge on any atom is -0.497 e. The third kappa shape index (κ3) is 6.82. The molecular weight excluding hydrogens is 390 g/mol. The lowest BCUT2D eigenvalue weighted by atomic mass is 10.3. The first-order valence-electron chi connectivity index (χ1n) is 6.26. The van der Waals surface area contributed by atoms with Crippen molar-refractivity contribution in [2.75, 3.05) is 14.2 Å². The average Bonchev–Trinajstić information content (AvgIpc) is 2.59. The van der Waals surface area contributed by atoms with Crippen LogP contribution < -0.4 is 9.47 Å². The Balaban J connectivity index is 1.58. The summed E-state index contributed by atoms with van der Waals surface area (Å²) in [6, 6.07) is 16.5. The molecule has 2 rings (SSSR count). The average molecular weight is 406 g/mol. The summed E-state index contributed by atoms with van der Waals surface area (Å²) in [5.41, 5.74) is 0. The van der Waals surface area contributed by atoms with Gasteiger partial charge in [-0.15, -0.1) is 0 Å². The Bertz CT molecular complexity index is 500. The molecule has 0 aliphatic carbocycles. The number of hydrogen-bond acceptors (Lipinski definition) is 6. The van der Waals surface area contributed by atoms with Gasteiger partial charge in [0.2, 0.25) is 0 Å². The van der Waals surface area contributed by atoms with Crippen molar-refractivity contribution in [3.05, 3.63) is 48.5 Å². The predicted molar refractivity (Wildman–Crippen MR) is 110 cm³/mol. The Morgan fingerprint density at radius 1 is 0.636 bits per heavy atom. The lowest BCUT2D eigenvalue weighted by Gasteiger charge is -2.04. The fourth-order valence-corrected chi connectivity index (χ4v) is 16.3. The molecule has 22 heavy (non-hydrogen) atoms. The number of rotatable bonds is 9. The van der Waals surface area contributed by atoms with Crippen molar-refractivity contribution < 1.29 is 9.47 Å². The SMILES string of the molecule is COc1ccc(SPSSPSc2ccc(OC)cc2)cc1. The molecule has 2 nitrogen and oxygen atoms in total. The normalized spacial score (nSPS) is 11.5. The molecule has 2 atom stereocenters. The minimum atomic E-state index is 0.802. The van der Waals surface area contributed by atoms with E-state index in [4.69, 9.17) is 9.47 Å². The van der Waals surface area contributed by atoms with Gasteiger partial charge in [-0.05, 0) is 48.5 Å². The van der Waals surface area contributed by atoms with E-state index in [0.29, 0.717) is 0 Å². The summed E-state index contributed by atoms with van der Waals surface area (Å²) in [7, 11) is 7.24. The van der Waals surface area contributed by atoms with Crippen molar-refractivity contribution in [2.24, 2.45) is 0 Å². The molecular formula is C14H16O2P2S4. The van der Waals surface area contributed by atoms with E-state index in [9.17, 15) is 0 Å². The second-order valence-corrected chi connectivity index (χ2v) is 15.1. The van der Waals surface area contributed by atoms with Gasteiger partial charge in [-0.1, -0.05) is 43.6 Å². The maximum Gasteiger partial charge on any atom is 0.118 e. The third-order valence-corrected chi connectivity index (χ3v) is 15.9. The smallest absolute Gasteiger partial charge is 0.118 e. The number of hydrogen-bond donors (Lipinski definition) is 0. The van der Waals surface area contributed by atoms with Gasteiger partial charge in [-0.2, -0.15) is 0 Å². The summed E-state index contributed by atoms with van der Waals surface area (Å²) >= 11 is 3.77. The van der Waals surface area contributed by atoms with E-state index in [1.165, 1.54) is 9.79 Å². The first kappa shape index (κ1) is 18.6. The van der Waals surface area contributed by atoms with Crippen LogP contribution in [-0.2, 0) is 0 Å². The maximum absolute atomic E-state index is 5.16. The summed E-state index contributed by atoms with van der Waals surface area (Å²) in [5.74, 6) is 1.82. The largest absolute Gasteiger partial charge is 0.497 e. The van der Waals surface area contributed by atoms with Crippen LogP contribution in [0.4, 0.5) is 0 Å². The molecule has 0 saturated heterocycles. The highest BCUT2D eigenvalue weighted by Crippen LogP contribution is 2.62. The fraction of sp³-hybridized carbons (Fsp3) is 0.143.